The zero-order valence-electron chi connectivity index (χ0n) is 32.6. The van der Waals surface area contributed by atoms with Crippen LogP contribution in [0.3, 0.4) is 0 Å². The van der Waals surface area contributed by atoms with E-state index >= 15 is 0 Å². The Morgan fingerprint density at radius 2 is 1.33 bits per heavy atom. The van der Waals surface area contributed by atoms with Crippen LogP contribution in [0.4, 0.5) is 11.5 Å². The minimum Gasteiger partial charge on any atom is -0.390 e. The molecule has 4 N–H and O–H groups in total. The molecule has 0 bridgehead atoms. The average Bonchev–Trinajstić information content (AvgIpc) is 3.14. The van der Waals surface area contributed by atoms with Gasteiger partial charge >= 0.3 is 5.69 Å². The van der Waals surface area contributed by atoms with Gasteiger partial charge < -0.3 is 20.4 Å². The Morgan fingerprint density at radius 3 is 1.90 bits per heavy atom. The van der Waals surface area contributed by atoms with Crippen LogP contribution in [0.15, 0.2) is 64.2 Å². The van der Waals surface area contributed by atoms with E-state index in [1.165, 1.54) is 33.7 Å². The van der Waals surface area contributed by atoms with Gasteiger partial charge in [-0.3, -0.25) is 19.2 Å². The van der Waals surface area contributed by atoms with E-state index in [9.17, 15) is 19.8 Å². The van der Waals surface area contributed by atoms with Crippen molar-refractivity contribution in [3.63, 3.8) is 0 Å². The molecule has 2 saturated heterocycles. The normalized spacial score (nSPS) is 17.3. The van der Waals surface area contributed by atoms with Gasteiger partial charge in [0.25, 0.3) is 5.56 Å². The number of H-pyrrole nitrogens is 1. The van der Waals surface area contributed by atoms with E-state index < -0.39 is 5.60 Å². The Bertz CT molecular complexity index is 1560. The third kappa shape index (κ3) is 13.3. The van der Waals surface area contributed by atoms with Crippen LogP contribution in [-0.2, 0) is 19.5 Å². The van der Waals surface area contributed by atoms with E-state index in [-0.39, 0.29) is 16.9 Å². The number of likely N-dealkylation sites (tertiary alicyclic amines) is 2. The van der Waals surface area contributed by atoms with E-state index in [1.54, 1.807) is 0 Å². The summed E-state index contributed by atoms with van der Waals surface area (Å²) in [5.74, 6) is 0.418. The summed E-state index contributed by atoms with van der Waals surface area (Å²) in [7, 11) is 0. The molecule has 9 heteroatoms. The summed E-state index contributed by atoms with van der Waals surface area (Å²) in [5.41, 5.74) is 3.18. The van der Waals surface area contributed by atoms with Crippen molar-refractivity contribution in [2.45, 2.75) is 142 Å². The fourth-order valence-electron chi connectivity index (χ4n) is 7.54. The molecule has 9 nitrogen and oxygen atoms in total. The first-order valence-corrected chi connectivity index (χ1v) is 20.2. The molecule has 0 unspecified atom stereocenters. The van der Waals surface area contributed by atoms with Gasteiger partial charge in [0, 0.05) is 51.0 Å². The van der Waals surface area contributed by atoms with Crippen molar-refractivity contribution in [2.24, 2.45) is 0 Å². The molecule has 3 heterocycles. The first-order chi connectivity index (χ1) is 25.0. The molecule has 3 aromatic rings. The number of benzene rings is 2. The minimum absolute atomic E-state index is 0.281. The summed E-state index contributed by atoms with van der Waals surface area (Å²) in [4.78, 5) is 32.7. The van der Waals surface area contributed by atoms with E-state index in [1.807, 2.05) is 18.2 Å². The van der Waals surface area contributed by atoms with Crippen molar-refractivity contribution in [3.05, 3.63) is 92.1 Å². The van der Waals surface area contributed by atoms with Crippen molar-refractivity contribution >= 4 is 11.5 Å². The van der Waals surface area contributed by atoms with Crippen molar-refractivity contribution in [1.29, 1.82) is 0 Å². The summed E-state index contributed by atoms with van der Waals surface area (Å²) in [6.45, 7) is 14.9. The number of unbranched alkanes of at least 4 members (excludes halogenated alkanes) is 4. The molecule has 2 fully saturated rings. The van der Waals surface area contributed by atoms with Crippen molar-refractivity contribution in [3.8, 4) is 0 Å². The molecule has 52 heavy (non-hydrogen) atoms. The van der Waals surface area contributed by atoms with Crippen molar-refractivity contribution in [1.82, 2.24) is 19.4 Å². The van der Waals surface area contributed by atoms with Gasteiger partial charge in [0.15, 0.2) is 0 Å². The van der Waals surface area contributed by atoms with Crippen LogP contribution in [0.1, 0.15) is 121 Å². The highest BCUT2D eigenvalue weighted by atomic mass is 16.3. The number of nitrogens with zero attached hydrogens (tertiary/aromatic N) is 3. The summed E-state index contributed by atoms with van der Waals surface area (Å²) in [6.07, 6.45) is 13.7. The van der Waals surface area contributed by atoms with Crippen LogP contribution in [0, 0.1) is 6.92 Å². The second-order valence-electron chi connectivity index (χ2n) is 15.4. The average molecular weight is 718 g/mol. The first kappa shape index (κ1) is 41.5. The molecule has 288 valence electrons. The van der Waals surface area contributed by atoms with Crippen LogP contribution in [0.2, 0.25) is 0 Å². The maximum Gasteiger partial charge on any atom is 0.329 e. The summed E-state index contributed by atoms with van der Waals surface area (Å²) in [6, 6.07) is 18.1. The number of piperidine rings is 2. The number of aromatic amines is 1. The molecule has 0 saturated carbocycles. The molecule has 2 aliphatic rings. The van der Waals surface area contributed by atoms with E-state index in [4.69, 9.17) is 0 Å². The Hall–Kier alpha value is -3.24. The maximum absolute atomic E-state index is 12.5. The highest BCUT2D eigenvalue weighted by molar-refractivity contribution is 5.57. The monoisotopic (exact) mass is 718 g/mol. The standard InChI is InChI=1S/C27H42N4O3.C16H25NO/c1-4-6-12-27(34)13-17-30(18-14-27)15-8-7-9-16-31-25(32)20-24(29-26(31)33)28-23-11-10-21(3)22(5-2)19-23;1-2-3-9-16(18)10-12-17(13-11-16)14-15-7-5-4-6-8-15/h10-11,19-20,28,34H,4-9,12-18H2,1-3H3,(H,29,33);4-8,18H,2-3,9-14H2,1H3. The van der Waals surface area contributed by atoms with Crippen molar-refractivity contribution in [2.75, 3.05) is 38.0 Å². The van der Waals surface area contributed by atoms with Crippen LogP contribution in [0.5, 0.6) is 0 Å². The summed E-state index contributed by atoms with van der Waals surface area (Å²) >= 11 is 0. The second kappa shape index (κ2) is 20.9. The fraction of sp³-hybridized carbons (Fsp3) is 0.628. The Morgan fingerprint density at radius 1 is 0.731 bits per heavy atom. The highest BCUT2D eigenvalue weighted by Gasteiger charge is 2.32. The molecule has 2 aromatic carbocycles. The zero-order valence-corrected chi connectivity index (χ0v) is 32.6. The summed E-state index contributed by atoms with van der Waals surface area (Å²) in [5, 5.41) is 24.3. The lowest BCUT2D eigenvalue weighted by molar-refractivity contribution is -0.0308. The fourth-order valence-corrected chi connectivity index (χ4v) is 7.54. The topological polar surface area (TPSA) is 114 Å². The number of hydrogen-bond acceptors (Lipinski definition) is 7. The lowest BCUT2D eigenvalue weighted by atomic mass is 9.86. The molecule has 0 amide bonds. The number of hydrogen-bond donors (Lipinski definition) is 4. The maximum atomic E-state index is 12.5. The number of anilines is 2. The predicted octanol–water partition coefficient (Wildman–Crippen LogP) is 7.54. The molecule has 0 aliphatic carbocycles. The Balaban J connectivity index is 0.000000281. The molecule has 0 atom stereocenters. The number of rotatable bonds is 17. The SMILES string of the molecule is CCCCC1(O)CCN(CCCCCn2c(=O)cc(Nc3ccc(C)c(CC)c3)[nH]c2=O)CC1.CCCCC1(O)CCN(Cc2ccccc2)CC1. The largest absolute Gasteiger partial charge is 0.390 e. The van der Waals surface area contributed by atoms with Gasteiger partial charge in [0.2, 0.25) is 0 Å². The minimum atomic E-state index is -0.465. The molecule has 1 aromatic heterocycles. The quantitative estimate of drug-likeness (QED) is 0.107. The predicted molar refractivity (Wildman–Crippen MR) is 215 cm³/mol. The molecule has 0 spiro atoms. The zero-order chi connectivity index (χ0) is 37.4. The molecular formula is C43H67N5O4. The molecule has 5 rings (SSSR count). The van der Waals surface area contributed by atoms with Crippen LogP contribution in [0.25, 0.3) is 0 Å². The number of aryl methyl sites for hydroxylation is 2. The highest BCUT2D eigenvalue weighted by Crippen LogP contribution is 2.29. The lowest BCUT2D eigenvalue weighted by Gasteiger charge is -2.38. The second-order valence-corrected chi connectivity index (χ2v) is 15.4. The van der Waals surface area contributed by atoms with Gasteiger partial charge in [0.1, 0.15) is 5.82 Å². The number of nitrogens with one attached hydrogen (secondary N) is 2. The van der Waals surface area contributed by atoms with Crippen LogP contribution in [-0.4, -0.2) is 73.5 Å². The Kier molecular flexibility index (Phi) is 16.7. The van der Waals surface area contributed by atoms with E-state index in [0.29, 0.717) is 12.4 Å². The van der Waals surface area contributed by atoms with Gasteiger partial charge in [-0.05, 0) is 100 Å². The number of aromatic nitrogens is 2. The third-order valence-corrected chi connectivity index (χ3v) is 11.2. The smallest absolute Gasteiger partial charge is 0.329 e. The molecule has 0 radical (unpaired) electrons. The van der Waals surface area contributed by atoms with Crippen LogP contribution >= 0.6 is 0 Å². The van der Waals surface area contributed by atoms with E-state index in [2.05, 4.69) is 78.1 Å². The van der Waals surface area contributed by atoms with Gasteiger partial charge in [-0.1, -0.05) is 89.3 Å². The van der Waals surface area contributed by atoms with Gasteiger partial charge in [-0.15, -0.1) is 0 Å². The number of aliphatic hydroxyl groups is 2. The van der Waals surface area contributed by atoms with E-state index in [0.717, 1.165) is 128 Å². The van der Waals surface area contributed by atoms with Crippen molar-refractivity contribution < 1.29 is 10.2 Å². The Labute approximate surface area is 312 Å². The molecular weight excluding hydrogens is 651 g/mol. The van der Waals surface area contributed by atoms with Gasteiger partial charge in [0.05, 0.1) is 11.2 Å². The van der Waals surface area contributed by atoms with Gasteiger partial charge in [-0.25, -0.2) is 4.79 Å². The van der Waals surface area contributed by atoms with Gasteiger partial charge in [-0.2, -0.15) is 0 Å². The van der Waals surface area contributed by atoms with Crippen LogP contribution < -0.4 is 16.6 Å². The first-order valence-electron chi connectivity index (χ1n) is 20.2. The molecule has 2 aliphatic heterocycles. The summed E-state index contributed by atoms with van der Waals surface area (Å²) < 4.78 is 1.28. The lowest BCUT2D eigenvalue weighted by Crippen LogP contribution is -2.44. The third-order valence-electron chi connectivity index (χ3n) is 11.2.